The van der Waals surface area contributed by atoms with E-state index in [0.717, 1.165) is 10.1 Å². The summed E-state index contributed by atoms with van der Waals surface area (Å²) in [5.74, 6) is 0.0240. The van der Waals surface area contributed by atoms with Gasteiger partial charge < -0.3 is 11.1 Å². The van der Waals surface area contributed by atoms with Crippen LogP contribution in [-0.4, -0.2) is 16.1 Å². The Hall–Kier alpha value is -2.67. The average Bonchev–Trinajstić information content (AvgIpc) is 2.84. The van der Waals surface area contributed by atoms with Crippen LogP contribution in [0.25, 0.3) is 10.1 Å². The van der Waals surface area contributed by atoms with Crippen molar-refractivity contribution in [3.05, 3.63) is 51.6 Å². The molecule has 0 aliphatic heterocycles. The molecule has 6 nitrogen and oxygen atoms in total. The molecule has 7 heteroatoms. The van der Waals surface area contributed by atoms with Crippen molar-refractivity contribution in [2.24, 2.45) is 0 Å². The maximum atomic E-state index is 12.1. The van der Waals surface area contributed by atoms with Crippen LogP contribution in [0.1, 0.15) is 9.67 Å². The SMILES string of the molecule is Nc1ccc2sc(C(=O)Nc3ccc(=O)[nH]n3)cc2c1. The molecule has 0 saturated heterocycles. The monoisotopic (exact) mass is 286 g/mol. The number of nitrogens with zero attached hydrogens (tertiary/aromatic N) is 1. The fourth-order valence-corrected chi connectivity index (χ4v) is 2.70. The van der Waals surface area contributed by atoms with Gasteiger partial charge in [-0.1, -0.05) is 0 Å². The molecule has 0 unspecified atom stereocenters. The Morgan fingerprint density at radius 1 is 1.25 bits per heavy atom. The van der Waals surface area contributed by atoms with E-state index < -0.39 is 0 Å². The summed E-state index contributed by atoms with van der Waals surface area (Å²) in [7, 11) is 0. The molecule has 2 aromatic heterocycles. The number of fused-ring (bicyclic) bond motifs is 1. The van der Waals surface area contributed by atoms with Gasteiger partial charge in [0, 0.05) is 16.5 Å². The molecule has 0 atom stereocenters. The molecule has 1 amide bonds. The smallest absolute Gasteiger partial charge is 0.266 e. The van der Waals surface area contributed by atoms with Crippen molar-refractivity contribution in [2.75, 3.05) is 11.1 Å². The van der Waals surface area contributed by atoms with Crippen LogP contribution in [0.5, 0.6) is 0 Å². The number of aromatic amines is 1. The zero-order chi connectivity index (χ0) is 14.1. The third-order valence-corrected chi connectivity index (χ3v) is 3.80. The summed E-state index contributed by atoms with van der Waals surface area (Å²) in [6.45, 7) is 0. The van der Waals surface area contributed by atoms with Gasteiger partial charge in [-0.3, -0.25) is 9.59 Å². The first-order valence-corrected chi connectivity index (χ1v) is 6.59. The predicted molar refractivity (Wildman–Crippen MR) is 79.0 cm³/mol. The lowest BCUT2D eigenvalue weighted by Gasteiger charge is -2.00. The fraction of sp³-hybridized carbons (Fsp3) is 0. The molecule has 2 heterocycles. The minimum absolute atomic E-state index is 0.274. The number of hydrogen-bond acceptors (Lipinski definition) is 5. The lowest BCUT2D eigenvalue weighted by Crippen LogP contribution is -2.14. The first-order valence-electron chi connectivity index (χ1n) is 5.78. The molecule has 100 valence electrons. The number of nitrogens with one attached hydrogen (secondary N) is 2. The summed E-state index contributed by atoms with van der Waals surface area (Å²) >= 11 is 1.37. The van der Waals surface area contributed by atoms with E-state index in [-0.39, 0.29) is 11.5 Å². The van der Waals surface area contributed by atoms with Crippen LogP contribution in [0.3, 0.4) is 0 Å². The van der Waals surface area contributed by atoms with Crippen molar-refractivity contribution in [2.45, 2.75) is 0 Å². The second-order valence-electron chi connectivity index (χ2n) is 4.17. The highest BCUT2D eigenvalue weighted by atomic mass is 32.1. The Bertz CT molecular complexity index is 832. The zero-order valence-corrected chi connectivity index (χ0v) is 11.0. The number of nitrogens with two attached hydrogens (primary N) is 1. The van der Waals surface area contributed by atoms with Gasteiger partial charge in [0.1, 0.15) is 0 Å². The normalized spacial score (nSPS) is 10.6. The maximum absolute atomic E-state index is 12.1. The Labute approximate surface area is 117 Å². The van der Waals surface area contributed by atoms with Gasteiger partial charge >= 0.3 is 0 Å². The van der Waals surface area contributed by atoms with Gasteiger partial charge in [0.25, 0.3) is 11.5 Å². The van der Waals surface area contributed by atoms with E-state index in [0.29, 0.717) is 16.4 Å². The first kappa shape index (κ1) is 12.4. The minimum atomic E-state index is -0.319. The molecule has 3 rings (SSSR count). The molecule has 0 aliphatic rings. The number of hydrogen-bond donors (Lipinski definition) is 3. The largest absolute Gasteiger partial charge is 0.399 e. The first-order chi connectivity index (χ1) is 9.61. The lowest BCUT2D eigenvalue weighted by molar-refractivity contribution is 0.103. The van der Waals surface area contributed by atoms with E-state index in [1.54, 1.807) is 12.1 Å². The standard InChI is InChI=1S/C13H10N4O2S/c14-8-1-2-9-7(5-8)6-10(20-9)13(19)15-11-3-4-12(18)17-16-11/h1-6H,14H2,(H,17,18)(H,15,16,19). The predicted octanol–water partition coefficient (Wildman–Crippen LogP) is 1.82. The van der Waals surface area contributed by atoms with Crippen molar-refractivity contribution < 1.29 is 4.79 Å². The molecular formula is C13H10N4O2S. The van der Waals surface area contributed by atoms with Crippen LogP contribution in [0.15, 0.2) is 41.2 Å². The quantitative estimate of drug-likeness (QED) is 0.625. The second kappa shape index (κ2) is 4.78. The molecule has 0 spiro atoms. The number of anilines is 2. The van der Waals surface area contributed by atoms with Crippen LogP contribution in [0.4, 0.5) is 11.5 Å². The van der Waals surface area contributed by atoms with Crippen molar-refractivity contribution in [3.8, 4) is 0 Å². The van der Waals surface area contributed by atoms with Gasteiger partial charge in [0.05, 0.1) is 4.88 Å². The molecule has 0 radical (unpaired) electrons. The molecule has 4 N–H and O–H groups in total. The van der Waals surface area contributed by atoms with E-state index >= 15 is 0 Å². The highest BCUT2D eigenvalue weighted by Crippen LogP contribution is 2.27. The van der Waals surface area contributed by atoms with Crippen molar-refractivity contribution in [1.82, 2.24) is 10.2 Å². The van der Waals surface area contributed by atoms with E-state index in [1.807, 2.05) is 12.1 Å². The number of aromatic nitrogens is 2. The summed E-state index contributed by atoms with van der Waals surface area (Å²) in [5, 5.41) is 9.53. The number of carbonyl (C=O) groups is 1. The van der Waals surface area contributed by atoms with E-state index in [2.05, 4.69) is 15.5 Å². The van der Waals surface area contributed by atoms with Gasteiger partial charge in [0.2, 0.25) is 0 Å². The summed E-state index contributed by atoms with van der Waals surface area (Å²) in [6.07, 6.45) is 0. The molecule has 0 saturated carbocycles. The summed E-state index contributed by atoms with van der Waals surface area (Å²) in [5.41, 5.74) is 6.05. The number of thiophene rings is 1. The van der Waals surface area contributed by atoms with Gasteiger partial charge in [0.15, 0.2) is 5.82 Å². The lowest BCUT2D eigenvalue weighted by atomic mass is 10.2. The van der Waals surface area contributed by atoms with E-state index in [4.69, 9.17) is 5.73 Å². The van der Waals surface area contributed by atoms with Gasteiger partial charge in [-0.25, -0.2) is 5.10 Å². The minimum Gasteiger partial charge on any atom is -0.399 e. The highest BCUT2D eigenvalue weighted by Gasteiger charge is 2.11. The van der Waals surface area contributed by atoms with Crippen LogP contribution < -0.4 is 16.6 Å². The molecule has 3 aromatic rings. The topological polar surface area (TPSA) is 101 Å². The Kier molecular flexibility index (Phi) is 2.96. The maximum Gasteiger partial charge on any atom is 0.266 e. The molecule has 0 bridgehead atoms. The number of rotatable bonds is 2. The number of benzene rings is 1. The Balaban J connectivity index is 1.88. The molecular weight excluding hydrogens is 276 g/mol. The van der Waals surface area contributed by atoms with Gasteiger partial charge in [-0.05, 0) is 35.7 Å². The zero-order valence-electron chi connectivity index (χ0n) is 10.2. The Morgan fingerprint density at radius 3 is 2.85 bits per heavy atom. The Morgan fingerprint density at radius 2 is 2.10 bits per heavy atom. The van der Waals surface area contributed by atoms with Crippen molar-refractivity contribution >= 4 is 38.8 Å². The number of carbonyl (C=O) groups excluding carboxylic acids is 1. The van der Waals surface area contributed by atoms with Crippen LogP contribution >= 0.6 is 11.3 Å². The molecule has 20 heavy (non-hydrogen) atoms. The van der Waals surface area contributed by atoms with Gasteiger partial charge in [-0.2, -0.15) is 5.10 Å². The molecule has 0 aliphatic carbocycles. The van der Waals surface area contributed by atoms with Crippen LogP contribution in [-0.2, 0) is 0 Å². The third-order valence-electron chi connectivity index (χ3n) is 2.68. The average molecular weight is 286 g/mol. The van der Waals surface area contributed by atoms with Crippen molar-refractivity contribution in [3.63, 3.8) is 0 Å². The van der Waals surface area contributed by atoms with Crippen LogP contribution in [0.2, 0.25) is 0 Å². The summed E-state index contributed by atoms with van der Waals surface area (Å²) in [4.78, 5) is 23.5. The van der Waals surface area contributed by atoms with Crippen LogP contribution in [0, 0.1) is 0 Å². The third kappa shape index (κ3) is 2.39. The second-order valence-corrected chi connectivity index (χ2v) is 5.25. The summed E-state index contributed by atoms with van der Waals surface area (Å²) in [6, 6.07) is 10.0. The van der Waals surface area contributed by atoms with E-state index in [1.165, 1.54) is 23.5 Å². The number of amides is 1. The fourth-order valence-electron chi connectivity index (χ4n) is 1.77. The number of H-pyrrole nitrogens is 1. The van der Waals surface area contributed by atoms with Crippen molar-refractivity contribution in [1.29, 1.82) is 0 Å². The molecule has 0 fully saturated rings. The van der Waals surface area contributed by atoms with Gasteiger partial charge in [-0.15, -0.1) is 11.3 Å². The summed E-state index contributed by atoms with van der Waals surface area (Å²) < 4.78 is 0.985. The number of nitrogen functional groups attached to an aromatic ring is 1. The highest BCUT2D eigenvalue weighted by molar-refractivity contribution is 7.20. The van der Waals surface area contributed by atoms with E-state index in [9.17, 15) is 9.59 Å². The molecule has 1 aromatic carbocycles.